The minimum absolute atomic E-state index is 0.100. The van der Waals surface area contributed by atoms with Crippen LogP contribution in [0.5, 0.6) is 0 Å². The normalized spacial score (nSPS) is 25.0. The number of carbonyl (C=O) groups excluding carboxylic acids is 1. The third kappa shape index (κ3) is 2.93. The number of ether oxygens (including phenoxy) is 1. The van der Waals surface area contributed by atoms with E-state index in [4.69, 9.17) is 9.15 Å². The molecule has 4 rings (SSSR count). The lowest BCUT2D eigenvalue weighted by Gasteiger charge is -2.33. The standard InChI is InChI=1S/C19H23FN2O3/c1-12-10-22(11-16(12)21-5-7-24-8-6-21)19(23)18-13(2)15-9-14(20)3-4-17(15)25-18/h3-4,9,12,16H,5-8,10-11H2,1-2H3/t12-,16+/m0/s1. The Bertz CT molecular complexity index is 797. The summed E-state index contributed by atoms with van der Waals surface area (Å²) in [5.74, 6) is 0.314. The third-order valence-electron chi connectivity index (χ3n) is 5.47. The largest absolute Gasteiger partial charge is 0.451 e. The van der Waals surface area contributed by atoms with Gasteiger partial charge in [0.1, 0.15) is 11.4 Å². The Hall–Kier alpha value is -1.92. The fourth-order valence-corrected chi connectivity index (χ4v) is 4.04. The van der Waals surface area contributed by atoms with Crippen LogP contribution < -0.4 is 0 Å². The molecule has 0 aliphatic carbocycles. The van der Waals surface area contributed by atoms with Crippen LogP contribution in [0.3, 0.4) is 0 Å². The average molecular weight is 346 g/mol. The second-order valence-corrected chi connectivity index (χ2v) is 7.10. The molecule has 2 atom stereocenters. The Morgan fingerprint density at radius 1 is 1.24 bits per heavy atom. The number of amides is 1. The number of halogens is 1. The molecule has 5 nitrogen and oxygen atoms in total. The van der Waals surface area contributed by atoms with Crippen LogP contribution in [0, 0.1) is 18.7 Å². The van der Waals surface area contributed by atoms with E-state index in [0.717, 1.165) is 26.3 Å². The molecular weight excluding hydrogens is 323 g/mol. The van der Waals surface area contributed by atoms with Crippen LogP contribution in [-0.2, 0) is 4.74 Å². The van der Waals surface area contributed by atoms with Gasteiger partial charge in [0.05, 0.1) is 13.2 Å². The summed E-state index contributed by atoms with van der Waals surface area (Å²) < 4.78 is 24.7. The highest BCUT2D eigenvalue weighted by molar-refractivity contribution is 5.99. The highest BCUT2D eigenvalue weighted by Crippen LogP contribution is 2.29. The lowest BCUT2D eigenvalue weighted by atomic mass is 10.0. The molecule has 2 fully saturated rings. The molecule has 2 aromatic rings. The lowest BCUT2D eigenvalue weighted by Crippen LogP contribution is -2.47. The molecule has 3 heterocycles. The van der Waals surface area contributed by atoms with Gasteiger partial charge in [-0.05, 0) is 31.0 Å². The van der Waals surface area contributed by atoms with E-state index in [-0.39, 0.29) is 11.7 Å². The van der Waals surface area contributed by atoms with Crippen molar-refractivity contribution in [3.63, 3.8) is 0 Å². The first-order valence-corrected chi connectivity index (χ1v) is 8.84. The van der Waals surface area contributed by atoms with Crippen molar-refractivity contribution in [2.75, 3.05) is 39.4 Å². The van der Waals surface area contributed by atoms with Gasteiger partial charge in [0, 0.05) is 43.2 Å². The van der Waals surface area contributed by atoms with Crippen molar-refractivity contribution in [1.82, 2.24) is 9.80 Å². The van der Waals surface area contributed by atoms with Crippen LogP contribution in [0.1, 0.15) is 23.0 Å². The molecular formula is C19H23FN2O3. The average Bonchev–Trinajstić information content (AvgIpc) is 3.16. The third-order valence-corrected chi connectivity index (χ3v) is 5.47. The molecule has 6 heteroatoms. The molecule has 25 heavy (non-hydrogen) atoms. The minimum atomic E-state index is -0.322. The number of rotatable bonds is 2. The molecule has 0 radical (unpaired) electrons. The Kier molecular flexibility index (Phi) is 4.25. The highest BCUT2D eigenvalue weighted by atomic mass is 19.1. The highest BCUT2D eigenvalue weighted by Gasteiger charge is 2.38. The van der Waals surface area contributed by atoms with E-state index in [9.17, 15) is 9.18 Å². The van der Waals surface area contributed by atoms with Gasteiger partial charge in [-0.2, -0.15) is 0 Å². The van der Waals surface area contributed by atoms with Gasteiger partial charge < -0.3 is 14.1 Å². The maximum Gasteiger partial charge on any atom is 0.289 e. The van der Waals surface area contributed by atoms with E-state index in [0.29, 0.717) is 47.3 Å². The Balaban J connectivity index is 1.56. The summed E-state index contributed by atoms with van der Waals surface area (Å²) in [6.07, 6.45) is 0. The van der Waals surface area contributed by atoms with Crippen molar-refractivity contribution in [3.05, 3.63) is 35.3 Å². The zero-order valence-electron chi connectivity index (χ0n) is 14.6. The predicted molar refractivity (Wildman–Crippen MR) is 92.2 cm³/mol. The van der Waals surface area contributed by atoms with Gasteiger partial charge >= 0.3 is 0 Å². The number of furan rings is 1. The van der Waals surface area contributed by atoms with E-state index in [1.165, 1.54) is 12.1 Å². The molecule has 0 N–H and O–H groups in total. The van der Waals surface area contributed by atoms with Crippen LogP contribution in [0.2, 0.25) is 0 Å². The van der Waals surface area contributed by atoms with Crippen molar-refractivity contribution < 1.29 is 18.3 Å². The van der Waals surface area contributed by atoms with Crippen LogP contribution in [0.4, 0.5) is 4.39 Å². The maximum atomic E-state index is 13.5. The molecule has 2 aliphatic heterocycles. The molecule has 1 amide bonds. The Morgan fingerprint density at radius 2 is 2.00 bits per heavy atom. The molecule has 0 spiro atoms. The summed E-state index contributed by atoms with van der Waals surface area (Å²) in [7, 11) is 0. The predicted octanol–water partition coefficient (Wildman–Crippen LogP) is 2.67. The van der Waals surface area contributed by atoms with E-state index in [1.807, 2.05) is 11.8 Å². The minimum Gasteiger partial charge on any atom is -0.451 e. The Morgan fingerprint density at radius 3 is 2.76 bits per heavy atom. The van der Waals surface area contributed by atoms with Gasteiger partial charge in [-0.3, -0.25) is 9.69 Å². The van der Waals surface area contributed by atoms with Crippen molar-refractivity contribution >= 4 is 16.9 Å². The van der Waals surface area contributed by atoms with Gasteiger partial charge in [0.15, 0.2) is 5.76 Å². The molecule has 134 valence electrons. The van der Waals surface area contributed by atoms with Gasteiger partial charge in [-0.25, -0.2) is 4.39 Å². The smallest absolute Gasteiger partial charge is 0.289 e. The van der Waals surface area contributed by atoms with Crippen molar-refractivity contribution in [3.8, 4) is 0 Å². The number of fused-ring (bicyclic) bond motifs is 1. The zero-order chi connectivity index (χ0) is 17.6. The number of morpholine rings is 1. The quantitative estimate of drug-likeness (QED) is 0.839. The van der Waals surface area contributed by atoms with Gasteiger partial charge in [0.2, 0.25) is 0 Å². The van der Waals surface area contributed by atoms with Crippen LogP contribution in [0.25, 0.3) is 11.0 Å². The number of nitrogens with zero attached hydrogens (tertiary/aromatic N) is 2. The first-order valence-electron chi connectivity index (χ1n) is 8.84. The number of hydrogen-bond donors (Lipinski definition) is 0. The monoisotopic (exact) mass is 346 g/mol. The molecule has 2 saturated heterocycles. The molecule has 1 aromatic heterocycles. The summed E-state index contributed by atoms with van der Waals surface area (Å²) in [6.45, 7) is 8.76. The molecule has 0 bridgehead atoms. The zero-order valence-corrected chi connectivity index (χ0v) is 14.6. The first kappa shape index (κ1) is 16.5. The van der Waals surface area contributed by atoms with Crippen LogP contribution in [-0.4, -0.2) is 61.1 Å². The summed E-state index contributed by atoms with van der Waals surface area (Å²) in [4.78, 5) is 17.3. The maximum absolute atomic E-state index is 13.5. The first-order chi connectivity index (χ1) is 12.0. The van der Waals surface area contributed by atoms with Crippen LogP contribution >= 0.6 is 0 Å². The Labute approximate surface area is 146 Å². The van der Waals surface area contributed by atoms with E-state index in [2.05, 4.69) is 11.8 Å². The van der Waals surface area contributed by atoms with E-state index >= 15 is 0 Å². The molecule has 1 aromatic carbocycles. The fourth-order valence-electron chi connectivity index (χ4n) is 4.04. The summed E-state index contributed by atoms with van der Waals surface area (Å²) in [6, 6.07) is 4.72. The molecule has 0 saturated carbocycles. The van der Waals surface area contributed by atoms with Gasteiger partial charge in [-0.15, -0.1) is 0 Å². The fraction of sp³-hybridized carbons (Fsp3) is 0.526. The van der Waals surface area contributed by atoms with Crippen molar-refractivity contribution in [1.29, 1.82) is 0 Å². The van der Waals surface area contributed by atoms with Crippen LogP contribution in [0.15, 0.2) is 22.6 Å². The van der Waals surface area contributed by atoms with Crippen molar-refractivity contribution in [2.45, 2.75) is 19.9 Å². The lowest BCUT2D eigenvalue weighted by molar-refractivity contribution is 0.0119. The second-order valence-electron chi connectivity index (χ2n) is 7.10. The SMILES string of the molecule is Cc1c(C(=O)N2C[C@@H](N3CCOCC3)[C@@H](C)C2)oc2ccc(F)cc12. The molecule has 0 unspecified atom stereocenters. The summed E-state index contributed by atoms with van der Waals surface area (Å²) in [5, 5.41) is 0.667. The second kappa shape index (κ2) is 6.42. The van der Waals surface area contributed by atoms with E-state index in [1.54, 1.807) is 6.07 Å². The van der Waals surface area contributed by atoms with E-state index < -0.39 is 0 Å². The summed E-state index contributed by atoms with van der Waals surface area (Å²) in [5.41, 5.74) is 1.27. The topological polar surface area (TPSA) is 45.9 Å². The number of benzene rings is 1. The van der Waals surface area contributed by atoms with Crippen molar-refractivity contribution in [2.24, 2.45) is 5.92 Å². The number of aryl methyl sites for hydroxylation is 1. The number of likely N-dealkylation sites (tertiary alicyclic amines) is 1. The number of hydrogen-bond acceptors (Lipinski definition) is 4. The molecule has 2 aliphatic rings. The van der Waals surface area contributed by atoms with Gasteiger partial charge in [0.25, 0.3) is 5.91 Å². The van der Waals surface area contributed by atoms with Gasteiger partial charge in [-0.1, -0.05) is 6.92 Å². The summed E-state index contributed by atoms with van der Waals surface area (Å²) >= 11 is 0. The number of carbonyl (C=O) groups is 1.